The van der Waals surface area contributed by atoms with Crippen LogP contribution in [0.25, 0.3) is 10.8 Å². The number of aryl methyl sites for hydroxylation is 4. The standard InChI is InChI=1S/C31H30N2O7/c1-6-39-31-24-14-22(7-8-23(24)28(37)26(33-31)30(38)32-15-25(34)35)40-29-18(4)12-21(13-19(29)5)27(36)20-10-16(2)9-17(3)11-20/h7-14,37H,6,15H2,1-5H3,(H,32,38)(H,34,35). The monoisotopic (exact) mass is 542 g/mol. The first-order valence-corrected chi connectivity index (χ1v) is 12.7. The van der Waals surface area contributed by atoms with Gasteiger partial charge in [-0.25, -0.2) is 4.98 Å². The van der Waals surface area contributed by atoms with Gasteiger partial charge in [-0.2, -0.15) is 0 Å². The summed E-state index contributed by atoms with van der Waals surface area (Å²) in [6.45, 7) is 9.01. The molecule has 9 heteroatoms. The van der Waals surface area contributed by atoms with Crippen LogP contribution in [0.4, 0.5) is 0 Å². The molecule has 1 heterocycles. The molecule has 1 aromatic heterocycles. The van der Waals surface area contributed by atoms with Gasteiger partial charge in [0.15, 0.2) is 17.2 Å². The summed E-state index contributed by atoms with van der Waals surface area (Å²) < 4.78 is 11.9. The fourth-order valence-corrected chi connectivity index (χ4v) is 4.59. The molecule has 1 amide bonds. The van der Waals surface area contributed by atoms with Crippen molar-refractivity contribution in [2.45, 2.75) is 34.6 Å². The Kier molecular flexibility index (Phi) is 8.04. The number of carboxylic acids is 1. The molecule has 0 aliphatic carbocycles. The molecule has 0 radical (unpaired) electrons. The maximum absolute atomic E-state index is 13.2. The van der Waals surface area contributed by atoms with E-state index in [2.05, 4.69) is 10.3 Å². The lowest BCUT2D eigenvalue weighted by molar-refractivity contribution is -0.135. The Balaban J connectivity index is 1.68. The van der Waals surface area contributed by atoms with Gasteiger partial charge in [0.1, 0.15) is 18.0 Å². The molecule has 3 aromatic carbocycles. The minimum Gasteiger partial charge on any atom is -0.505 e. The van der Waals surface area contributed by atoms with Crippen LogP contribution in [0, 0.1) is 27.7 Å². The third-order valence-electron chi connectivity index (χ3n) is 6.24. The van der Waals surface area contributed by atoms with E-state index in [4.69, 9.17) is 14.6 Å². The Morgan fingerprint density at radius 1 is 0.875 bits per heavy atom. The summed E-state index contributed by atoms with van der Waals surface area (Å²) in [5.74, 6) is -1.45. The Morgan fingerprint density at radius 2 is 1.50 bits per heavy atom. The first kappa shape index (κ1) is 28.1. The first-order chi connectivity index (χ1) is 19.0. The van der Waals surface area contributed by atoms with Crippen LogP contribution in [-0.4, -0.2) is 46.0 Å². The first-order valence-electron chi connectivity index (χ1n) is 12.7. The Labute approximate surface area is 231 Å². The zero-order valence-electron chi connectivity index (χ0n) is 22.9. The van der Waals surface area contributed by atoms with Crippen molar-refractivity contribution >= 4 is 28.4 Å². The number of hydrogen-bond acceptors (Lipinski definition) is 7. The normalized spacial score (nSPS) is 10.8. The molecular weight excluding hydrogens is 512 g/mol. The molecule has 0 unspecified atom stereocenters. The van der Waals surface area contributed by atoms with Crippen molar-refractivity contribution in [1.29, 1.82) is 0 Å². The van der Waals surface area contributed by atoms with Crippen molar-refractivity contribution in [2.24, 2.45) is 0 Å². The number of nitrogens with zero attached hydrogens (tertiary/aromatic N) is 1. The number of carbonyl (C=O) groups is 3. The lowest BCUT2D eigenvalue weighted by Crippen LogP contribution is -2.30. The quantitative estimate of drug-likeness (QED) is 0.239. The van der Waals surface area contributed by atoms with Gasteiger partial charge in [-0.1, -0.05) is 17.2 Å². The number of carbonyl (C=O) groups excluding carboxylic acids is 2. The van der Waals surface area contributed by atoms with Gasteiger partial charge in [-0.3, -0.25) is 14.4 Å². The fraction of sp³-hybridized carbons (Fsp3) is 0.226. The van der Waals surface area contributed by atoms with E-state index in [0.717, 1.165) is 22.3 Å². The molecule has 4 aromatic rings. The van der Waals surface area contributed by atoms with Crippen LogP contribution in [0.5, 0.6) is 23.1 Å². The molecule has 206 valence electrons. The van der Waals surface area contributed by atoms with E-state index in [1.165, 1.54) is 0 Å². The van der Waals surface area contributed by atoms with Crippen molar-refractivity contribution in [3.63, 3.8) is 0 Å². The van der Waals surface area contributed by atoms with Gasteiger partial charge in [-0.05, 0) is 88.2 Å². The molecule has 40 heavy (non-hydrogen) atoms. The average molecular weight is 543 g/mol. The second-order valence-corrected chi connectivity index (χ2v) is 9.58. The number of aromatic hydroxyl groups is 1. The summed E-state index contributed by atoms with van der Waals surface area (Å²) in [5, 5.41) is 22.5. The number of pyridine rings is 1. The largest absolute Gasteiger partial charge is 0.505 e. The summed E-state index contributed by atoms with van der Waals surface area (Å²) in [6, 6.07) is 14.2. The SMILES string of the molecule is CCOc1nc(C(=O)NCC(=O)O)c(O)c2ccc(Oc3c(C)cc(C(=O)c4cc(C)cc(C)c4)cc3C)cc12. The van der Waals surface area contributed by atoms with Crippen LogP contribution >= 0.6 is 0 Å². The Bertz CT molecular complexity index is 1620. The molecule has 0 saturated heterocycles. The fourth-order valence-electron chi connectivity index (χ4n) is 4.59. The van der Waals surface area contributed by atoms with Gasteiger partial charge >= 0.3 is 5.97 Å². The summed E-state index contributed by atoms with van der Waals surface area (Å²) in [4.78, 5) is 40.6. The minimum atomic E-state index is -1.23. The second-order valence-electron chi connectivity index (χ2n) is 9.58. The third kappa shape index (κ3) is 5.88. The van der Waals surface area contributed by atoms with Crippen LogP contribution in [0.3, 0.4) is 0 Å². The molecule has 3 N–H and O–H groups in total. The molecule has 0 spiro atoms. The number of aliphatic carboxylic acids is 1. The molecule has 0 bridgehead atoms. The van der Waals surface area contributed by atoms with Gasteiger partial charge < -0.3 is 25.0 Å². The lowest BCUT2D eigenvalue weighted by atomic mass is 9.96. The molecule has 0 fully saturated rings. The predicted molar refractivity (Wildman–Crippen MR) is 150 cm³/mol. The predicted octanol–water partition coefficient (Wildman–Crippen LogP) is 5.41. The minimum absolute atomic E-state index is 0.0682. The molecule has 4 rings (SSSR count). The van der Waals surface area contributed by atoms with Gasteiger partial charge in [-0.15, -0.1) is 0 Å². The zero-order valence-corrected chi connectivity index (χ0v) is 22.9. The Morgan fingerprint density at radius 3 is 2.10 bits per heavy atom. The topological polar surface area (TPSA) is 135 Å². The van der Waals surface area contributed by atoms with Crippen LogP contribution in [0.1, 0.15) is 55.6 Å². The smallest absolute Gasteiger partial charge is 0.322 e. The number of fused-ring (bicyclic) bond motifs is 1. The molecule has 0 aliphatic rings. The highest BCUT2D eigenvalue weighted by Gasteiger charge is 2.22. The number of ketones is 1. The number of benzene rings is 3. The number of aromatic nitrogens is 1. The summed E-state index contributed by atoms with van der Waals surface area (Å²) in [6.07, 6.45) is 0. The van der Waals surface area contributed by atoms with Crippen molar-refractivity contribution in [2.75, 3.05) is 13.2 Å². The lowest BCUT2D eigenvalue weighted by Gasteiger charge is -2.16. The highest BCUT2D eigenvalue weighted by atomic mass is 16.5. The average Bonchev–Trinajstić information content (AvgIpc) is 2.89. The summed E-state index contributed by atoms with van der Waals surface area (Å²) >= 11 is 0. The molecule has 0 saturated carbocycles. The number of carboxylic acid groups (broad SMARTS) is 1. The van der Waals surface area contributed by atoms with Crippen LogP contribution in [0.15, 0.2) is 48.5 Å². The summed E-state index contributed by atoms with van der Waals surface area (Å²) in [7, 11) is 0. The van der Waals surface area contributed by atoms with Crippen molar-refractivity contribution in [3.8, 4) is 23.1 Å². The van der Waals surface area contributed by atoms with E-state index >= 15 is 0 Å². The van der Waals surface area contributed by atoms with Gasteiger partial charge in [0.05, 0.1) is 12.0 Å². The van der Waals surface area contributed by atoms with E-state index in [-0.39, 0.29) is 29.4 Å². The number of ether oxygens (including phenoxy) is 2. The summed E-state index contributed by atoms with van der Waals surface area (Å²) in [5.41, 5.74) is 4.43. The molecule has 9 nitrogen and oxygen atoms in total. The number of rotatable bonds is 9. The molecule has 0 aliphatic heterocycles. The van der Waals surface area contributed by atoms with Gasteiger partial charge in [0, 0.05) is 16.5 Å². The van der Waals surface area contributed by atoms with Crippen LogP contribution in [0.2, 0.25) is 0 Å². The molecule has 0 atom stereocenters. The maximum Gasteiger partial charge on any atom is 0.322 e. The van der Waals surface area contributed by atoms with Gasteiger partial charge in [0.2, 0.25) is 5.88 Å². The third-order valence-corrected chi connectivity index (χ3v) is 6.24. The second kappa shape index (κ2) is 11.4. The van der Waals surface area contributed by atoms with E-state index in [1.54, 1.807) is 37.3 Å². The van der Waals surface area contributed by atoms with Crippen LogP contribution < -0.4 is 14.8 Å². The van der Waals surface area contributed by atoms with E-state index < -0.39 is 24.2 Å². The van der Waals surface area contributed by atoms with Crippen molar-refractivity contribution < 1.29 is 34.1 Å². The zero-order chi connectivity index (χ0) is 29.1. The van der Waals surface area contributed by atoms with Crippen molar-refractivity contribution in [1.82, 2.24) is 10.3 Å². The van der Waals surface area contributed by atoms with E-state index in [0.29, 0.717) is 28.0 Å². The Hall–Kier alpha value is -4.92. The van der Waals surface area contributed by atoms with Crippen LogP contribution in [-0.2, 0) is 4.79 Å². The van der Waals surface area contributed by atoms with E-state index in [1.807, 2.05) is 45.9 Å². The molecular formula is C31H30N2O7. The van der Waals surface area contributed by atoms with Gasteiger partial charge in [0.25, 0.3) is 5.91 Å². The number of amides is 1. The maximum atomic E-state index is 13.2. The highest BCUT2D eigenvalue weighted by Crippen LogP contribution is 2.38. The number of hydrogen-bond donors (Lipinski definition) is 3. The highest BCUT2D eigenvalue weighted by molar-refractivity contribution is 6.09. The van der Waals surface area contributed by atoms with Crippen molar-refractivity contribution in [3.05, 3.63) is 87.6 Å². The van der Waals surface area contributed by atoms with E-state index in [9.17, 15) is 19.5 Å². The number of nitrogens with one attached hydrogen (secondary N) is 1.